The Bertz CT molecular complexity index is 563. The Morgan fingerprint density at radius 3 is 2.80 bits per heavy atom. The summed E-state index contributed by atoms with van der Waals surface area (Å²) in [5, 5.41) is 8.89. The average molecular weight is 223 g/mol. The zero-order valence-corrected chi connectivity index (χ0v) is 8.11. The molecule has 2 aromatic rings. The maximum atomic E-state index is 10.9. The summed E-state index contributed by atoms with van der Waals surface area (Å²) in [5.41, 5.74) is 6.65. The molecule has 0 radical (unpaired) electrons. The number of nitrogens with zero attached hydrogens (tertiary/aromatic N) is 2. The van der Waals surface area contributed by atoms with Crippen LogP contribution in [0.2, 0.25) is 0 Å². The summed E-state index contributed by atoms with van der Waals surface area (Å²) in [6, 6.07) is 1.13. The quantitative estimate of drug-likeness (QED) is 0.770. The number of hydrogen-bond acceptors (Lipinski definition) is 5. The van der Waals surface area contributed by atoms with Crippen LogP contribution >= 0.6 is 11.3 Å². The monoisotopic (exact) mass is 223 g/mol. The highest BCUT2D eigenvalue weighted by molar-refractivity contribution is 7.16. The van der Waals surface area contributed by atoms with Gasteiger partial charge in [0.2, 0.25) is 0 Å². The highest BCUT2D eigenvalue weighted by Gasteiger charge is 2.15. The van der Waals surface area contributed by atoms with Crippen molar-refractivity contribution in [3.8, 4) is 0 Å². The summed E-state index contributed by atoms with van der Waals surface area (Å²) < 4.78 is 0. The van der Waals surface area contributed by atoms with Crippen LogP contribution in [0.25, 0.3) is 10.3 Å². The van der Waals surface area contributed by atoms with Crippen molar-refractivity contribution in [2.24, 2.45) is 5.73 Å². The van der Waals surface area contributed by atoms with Crippen LogP contribution in [0.5, 0.6) is 0 Å². The maximum Gasteiger partial charge on any atom is 0.338 e. The smallest absolute Gasteiger partial charge is 0.338 e. The number of carboxylic acid groups (broad SMARTS) is 1. The zero-order valence-electron chi connectivity index (χ0n) is 7.30. The molecule has 0 aliphatic heterocycles. The van der Waals surface area contributed by atoms with E-state index in [1.165, 1.54) is 5.51 Å². The molecule has 1 amide bonds. The first-order chi connectivity index (χ1) is 7.09. The Hall–Kier alpha value is -2.02. The third-order valence-electron chi connectivity index (χ3n) is 1.79. The first-order valence-electron chi connectivity index (χ1n) is 3.87. The number of carbonyl (C=O) groups excluding carboxylic acids is 1. The van der Waals surface area contributed by atoms with Crippen molar-refractivity contribution in [3.63, 3.8) is 0 Å². The number of pyridine rings is 1. The SMILES string of the molecule is NC(=O)c1cc(C(=O)O)c2ncsc2n1. The minimum Gasteiger partial charge on any atom is -0.478 e. The van der Waals surface area contributed by atoms with Crippen molar-refractivity contribution in [3.05, 3.63) is 22.8 Å². The van der Waals surface area contributed by atoms with E-state index in [2.05, 4.69) is 9.97 Å². The van der Waals surface area contributed by atoms with E-state index in [9.17, 15) is 9.59 Å². The molecule has 15 heavy (non-hydrogen) atoms. The number of thiazole rings is 1. The normalized spacial score (nSPS) is 10.4. The fourth-order valence-electron chi connectivity index (χ4n) is 1.14. The number of amides is 1. The number of primary amides is 1. The van der Waals surface area contributed by atoms with E-state index in [4.69, 9.17) is 10.8 Å². The number of nitrogens with two attached hydrogens (primary N) is 1. The molecule has 3 N–H and O–H groups in total. The Morgan fingerprint density at radius 1 is 1.47 bits per heavy atom. The number of aromatic nitrogens is 2. The average Bonchev–Trinajstić information content (AvgIpc) is 2.62. The fraction of sp³-hybridized carbons (Fsp3) is 0. The van der Waals surface area contributed by atoms with Crippen LogP contribution in [0.1, 0.15) is 20.8 Å². The predicted octanol–water partition coefficient (Wildman–Crippen LogP) is 0.488. The molecule has 2 aromatic heterocycles. The number of carboxylic acids is 1. The molecule has 0 aliphatic carbocycles. The van der Waals surface area contributed by atoms with Gasteiger partial charge in [-0.2, -0.15) is 0 Å². The second-order valence-electron chi connectivity index (χ2n) is 2.73. The fourth-order valence-corrected chi connectivity index (χ4v) is 1.82. The Labute approximate surface area is 87.4 Å². The van der Waals surface area contributed by atoms with Crippen molar-refractivity contribution < 1.29 is 14.7 Å². The number of aromatic carboxylic acids is 1. The summed E-state index contributed by atoms with van der Waals surface area (Å²) in [6.45, 7) is 0. The number of carbonyl (C=O) groups is 2. The van der Waals surface area contributed by atoms with Crippen LogP contribution in [0.15, 0.2) is 11.6 Å². The van der Waals surface area contributed by atoms with Crippen LogP contribution in [0.3, 0.4) is 0 Å². The minimum absolute atomic E-state index is 0.0601. The summed E-state index contributed by atoms with van der Waals surface area (Å²) >= 11 is 1.16. The molecule has 7 heteroatoms. The maximum absolute atomic E-state index is 10.9. The van der Waals surface area contributed by atoms with Crippen LogP contribution in [-0.2, 0) is 0 Å². The van der Waals surface area contributed by atoms with Crippen LogP contribution in [-0.4, -0.2) is 27.0 Å². The molecular weight excluding hydrogens is 218 g/mol. The lowest BCUT2D eigenvalue weighted by atomic mass is 10.2. The molecule has 76 valence electrons. The van der Waals surface area contributed by atoms with Gasteiger partial charge < -0.3 is 10.8 Å². The molecule has 0 unspecified atom stereocenters. The van der Waals surface area contributed by atoms with Gasteiger partial charge >= 0.3 is 5.97 Å². The highest BCUT2D eigenvalue weighted by atomic mass is 32.1. The van der Waals surface area contributed by atoms with E-state index in [1.54, 1.807) is 0 Å². The second kappa shape index (κ2) is 3.28. The molecule has 2 rings (SSSR count). The van der Waals surface area contributed by atoms with E-state index in [-0.39, 0.29) is 16.8 Å². The Morgan fingerprint density at radius 2 is 2.20 bits per heavy atom. The van der Waals surface area contributed by atoms with Gasteiger partial charge in [-0.05, 0) is 6.07 Å². The van der Waals surface area contributed by atoms with Gasteiger partial charge in [0, 0.05) is 0 Å². The first kappa shape index (κ1) is 9.53. The van der Waals surface area contributed by atoms with Gasteiger partial charge in [0.15, 0.2) is 0 Å². The largest absolute Gasteiger partial charge is 0.478 e. The van der Waals surface area contributed by atoms with E-state index in [0.717, 1.165) is 17.4 Å². The summed E-state index contributed by atoms with van der Waals surface area (Å²) in [7, 11) is 0. The van der Waals surface area contributed by atoms with Crippen molar-refractivity contribution in [1.29, 1.82) is 0 Å². The molecule has 2 heterocycles. The molecule has 0 aromatic carbocycles. The molecule has 0 fully saturated rings. The summed E-state index contributed by atoms with van der Waals surface area (Å²) in [6.07, 6.45) is 0. The van der Waals surface area contributed by atoms with Crippen molar-refractivity contribution in [2.75, 3.05) is 0 Å². The van der Waals surface area contributed by atoms with Gasteiger partial charge in [-0.1, -0.05) is 0 Å². The van der Waals surface area contributed by atoms with Gasteiger partial charge in [-0.15, -0.1) is 11.3 Å². The van der Waals surface area contributed by atoms with Crippen molar-refractivity contribution in [2.45, 2.75) is 0 Å². The van der Waals surface area contributed by atoms with Gasteiger partial charge in [-0.3, -0.25) is 4.79 Å². The van der Waals surface area contributed by atoms with Gasteiger partial charge in [0.25, 0.3) is 5.91 Å². The van der Waals surface area contributed by atoms with Gasteiger partial charge in [-0.25, -0.2) is 14.8 Å². The van der Waals surface area contributed by atoms with Crippen LogP contribution in [0.4, 0.5) is 0 Å². The van der Waals surface area contributed by atoms with E-state index < -0.39 is 11.9 Å². The molecule has 0 saturated heterocycles. The predicted molar refractivity (Wildman–Crippen MR) is 52.9 cm³/mol. The molecule has 6 nitrogen and oxygen atoms in total. The van der Waals surface area contributed by atoms with E-state index in [0.29, 0.717) is 4.83 Å². The third-order valence-corrected chi connectivity index (χ3v) is 2.51. The Balaban J connectivity index is 2.80. The van der Waals surface area contributed by atoms with Crippen molar-refractivity contribution >= 4 is 33.6 Å². The molecule has 0 aliphatic rings. The van der Waals surface area contributed by atoms with E-state index >= 15 is 0 Å². The third kappa shape index (κ3) is 1.52. The van der Waals surface area contributed by atoms with Gasteiger partial charge in [0.05, 0.1) is 11.1 Å². The highest BCUT2D eigenvalue weighted by Crippen LogP contribution is 2.20. The molecule has 0 atom stereocenters. The molecule has 0 saturated carbocycles. The lowest BCUT2D eigenvalue weighted by molar-refractivity contribution is 0.0698. The second-order valence-corrected chi connectivity index (χ2v) is 3.56. The topological polar surface area (TPSA) is 106 Å². The van der Waals surface area contributed by atoms with Gasteiger partial charge in [0.1, 0.15) is 16.0 Å². The standard InChI is InChI=1S/C8H5N3O3S/c9-6(12)4-1-3(8(13)14)5-7(11-4)15-2-10-5/h1-2H,(H2,9,12)(H,13,14). The number of rotatable bonds is 2. The number of hydrogen-bond donors (Lipinski definition) is 2. The Kier molecular flexibility index (Phi) is 2.09. The van der Waals surface area contributed by atoms with E-state index in [1.807, 2.05) is 0 Å². The lowest BCUT2D eigenvalue weighted by Crippen LogP contribution is -2.14. The van der Waals surface area contributed by atoms with Crippen LogP contribution < -0.4 is 5.73 Å². The number of fused-ring (bicyclic) bond motifs is 1. The zero-order chi connectivity index (χ0) is 11.0. The minimum atomic E-state index is -1.16. The molecular formula is C8H5N3O3S. The summed E-state index contributed by atoms with van der Waals surface area (Å²) in [4.78, 5) is 29.9. The lowest BCUT2D eigenvalue weighted by Gasteiger charge is -1.98. The molecule has 0 bridgehead atoms. The molecule has 0 spiro atoms. The van der Waals surface area contributed by atoms with Crippen molar-refractivity contribution in [1.82, 2.24) is 9.97 Å². The summed E-state index contributed by atoms with van der Waals surface area (Å²) in [5.74, 6) is -1.91. The van der Waals surface area contributed by atoms with Crippen LogP contribution in [0, 0.1) is 0 Å². The first-order valence-corrected chi connectivity index (χ1v) is 4.75.